The zero-order valence-corrected chi connectivity index (χ0v) is 22.9. The van der Waals surface area contributed by atoms with Crippen molar-refractivity contribution in [3.8, 4) is 11.5 Å². The number of hydrogen-bond acceptors (Lipinski definition) is 6. The van der Waals surface area contributed by atoms with Crippen molar-refractivity contribution in [2.24, 2.45) is 0 Å². The molecule has 3 aromatic carbocycles. The van der Waals surface area contributed by atoms with Gasteiger partial charge in [0.25, 0.3) is 11.8 Å². The summed E-state index contributed by atoms with van der Waals surface area (Å²) in [6, 6.07) is 23.9. The van der Waals surface area contributed by atoms with E-state index in [1.165, 1.54) is 11.8 Å². The molecule has 0 bridgehead atoms. The van der Waals surface area contributed by atoms with E-state index < -0.39 is 0 Å². The number of rotatable bonds is 12. The minimum absolute atomic E-state index is 0.0723. The highest BCUT2D eigenvalue weighted by Gasteiger charge is 2.14. The first-order chi connectivity index (χ1) is 19.4. The van der Waals surface area contributed by atoms with Gasteiger partial charge in [-0.15, -0.1) is 0 Å². The van der Waals surface area contributed by atoms with E-state index in [9.17, 15) is 9.59 Å². The Kier molecular flexibility index (Phi) is 9.85. The zero-order valence-electron chi connectivity index (χ0n) is 22.9. The molecule has 0 atom stereocenters. The molecule has 0 aliphatic heterocycles. The third kappa shape index (κ3) is 7.91. The summed E-state index contributed by atoms with van der Waals surface area (Å²) in [5.74, 6) is 0.844. The lowest BCUT2D eigenvalue weighted by molar-refractivity contribution is 0.102. The van der Waals surface area contributed by atoms with Gasteiger partial charge in [0.05, 0.1) is 30.0 Å². The van der Waals surface area contributed by atoms with Crippen molar-refractivity contribution in [1.29, 1.82) is 0 Å². The Labute approximate surface area is 234 Å². The Morgan fingerprint density at radius 1 is 0.850 bits per heavy atom. The summed E-state index contributed by atoms with van der Waals surface area (Å²) in [6.07, 6.45) is 4.00. The van der Waals surface area contributed by atoms with Gasteiger partial charge in [-0.2, -0.15) is 0 Å². The molecule has 0 saturated carbocycles. The van der Waals surface area contributed by atoms with Gasteiger partial charge in [0.1, 0.15) is 0 Å². The van der Waals surface area contributed by atoms with Gasteiger partial charge in [-0.05, 0) is 86.5 Å². The van der Waals surface area contributed by atoms with Crippen LogP contribution in [0.25, 0.3) is 0 Å². The van der Waals surface area contributed by atoms with Crippen molar-refractivity contribution < 1.29 is 19.1 Å². The summed E-state index contributed by atoms with van der Waals surface area (Å²) >= 11 is 0. The molecule has 0 spiro atoms. The van der Waals surface area contributed by atoms with E-state index >= 15 is 0 Å². The predicted molar refractivity (Wildman–Crippen MR) is 157 cm³/mol. The fraction of sp³-hybridized carbons (Fsp3) is 0.219. The highest BCUT2D eigenvalue weighted by atomic mass is 16.5. The number of ether oxygens (including phenoxy) is 2. The largest absolute Gasteiger partial charge is 0.493 e. The Hall–Kier alpha value is -4.69. The van der Waals surface area contributed by atoms with Crippen molar-refractivity contribution in [2.75, 3.05) is 24.3 Å². The average molecular weight is 539 g/mol. The number of benzene rings is 3. The van der Waals surface area contributed by atoms with Gasteiger partial charge in [0, 0.05) is 24.6 Å². The molecule has 0 aliphatic carbocycles. The second kappa shape index (κ2) is 13.9. The highest BCUT2D eigenvalue weighted by molar-refractivity contribution is 6.12. The molecule has 0 aliphatic rings. The number of nitrogens with one attached hydrogen (secondary N) is 3. The minimum Gasteiger partial charge on any atom is -0.493 e. The number of nitrogens with zero attached hydrogens (tertiary/aromatic N) is 1. The van der Waals surface area contributed by atoms with Crippen LogP contribution in [0, 0.1) is 0 Å². The number of para-hydroxylation sites is 1. The van der Waals surface area contributed by atoms with Gasteiger partial charge < -0.3 is 25.4 Å². The monoisotopic (exact) mass is 538 g/mol. The first kappa shape index (κ1) is 28.3. The van der Waals surface area contributed by atoms with Crippen molar-refractivity contribution in [1.82, 2.24) is 10.3 Å². The molecule has 0 radical (unpaired) electrons. The number of anilines is 2. The number of pyridine rings is 1. The lowest BCUT2D eigenvalue weighted by Crippen LogP contribution is -2.18. The fourth-order valence-electron chi connectivity index (χ4n) is 4.07. The van der Waals surface area contributed by atoms with Crippen molar-refractivity contribution in [3.63, 3.8) is 0 Å². The van der Waals surface area contributed by atoms with E-state index in [4.69, 9.17) is 9.47 Å². The van der Waals surface area contributed by atoms with Crippen LogP contribution in [0.3, 0.4) is 0 Å². The molecule has 4 rings (SSSR count). The maximum absolute atomic E-state index is 13.0. The van der Waals surface area contributed by atoms with Crippen LogP contribution in [0.15, 0.2) is 91.3 Å². The summed E-state index contributed by atoms with van der Waals surface area (Å²) in [7, 11) is 1.64. The summed E-state index contributed by atoms with van der Waals surface area (Å²) in [4.78, 5) is 29.5. The van der Waals surface area contributed by atoms with Gasteiger partial charge in [0.2, 0.25) is 0 Å². The maximum atomic E-state index is 13.0. The SMILES string of the molecule is COc1ccc(CCNCc2ccc(NC(=O)c3ccccc3NC(=O)c3cccnc3)cc2)cc1OC(C)C. The number of methoxy groups -OCH3 is 1. The van der Waals surface area contributed by atoms with E-state index in [1.54, 1.807) is 49.7 Å². The van der Waals surface area contributed by atoms with Crippen LogP contribution in [0.5, 0.6) is 11.5 Å². The summed E-state index contributed by atoms with van der Waals surface area (Å²) < 4.78 is 11.3. The van der Waals surface area contributed by atoms with Gasteiger partial charge in [0.15, 0.2) is 11.5 Å². The molecule has 8 heteroatoms. The van der Waals surface area contributed by atoms with E-state index in [0.29, 0.717) is 29.0 Å². The Balaban J connectivity index is 1.28. The van der Waals surface area contributed by atoms with E-state index in [2.05, 4.69) is 20.9 Å². The van der Waals surface area contributed by atoms with Gasteiger partial charge >= 0.3 is 0 Å². The summed E-state index contributed by atoms with van der Waals surface area (Å²) in [5, 5.41) is 9.17. The molecular weight excluding hydrogens is 504 g/mol. The number of hydrogen-bond donors (Lipinski definition) is 3. The second-order valence-electron chi connectivity index (χ2n) is 9.47. The highest BCUT2D eigenvalue weighted by Crippen LogP contribution is 2.29. The van der Waals surface area contributed by atoms with E-state index in [1.807, 2.05) is 56.3 Å². The Morgan fingerprint density at radius 3 is 2.35 bits per heavy atom. The van der Waals surface area contributed by atoms with Crippen LogP contribution in [0.2, 0.25) is 0 Å². The normalized spacial score (nSPS) is 10.7. The number of carbonyl (C=O) groups is 2. The molecule has 0 fully saturated rings. The quantitative estimate of drug-likeness (QED) is 0.200. The van der Waals surface area contributed by atoms with E-state index in [-0.39, 0.29) is 17.9 Å². The molecule has 1 heterocycles. The minimum atomic E-state index is -0.332. The molecule has 2 amide bonds. The molecule has 40 heavy (non-hydrogen) atoms. The smallest absolute Gasteiger partial charge is 0.257 e. The summed E-state index contributed by atoms with van der Waals surface area (Å²) in [6.45, 7) is 5.48. The maximum Gasteiger partial charge on any atom is 0.257 e. The molecule has 1 aromatic heterocycles. The predicted octanol–water partition coefficient (Wildman–Crippen LogP) is 5.71. The second-order valence-corrected chi connectivity index (χ2v) is 9.47. The molecule has 0 saturated heterocycles. The average Bonchev–Trinajstić information content (AvgIpc) is 2.96. The molecule has 8 nitrogen and oxygen atoms in total. The third-order valence-corrected chi connectivity index (χ3v) is 6.07. The van der Waals surface area contributed by atoms with Gasteiger partial charge in [-0.3, -0.25) is 14.6 Å². The lowest BCUT2D eigenvalue weighted by atomic mass is 10.1. The first-order valence-electron chi connectivity index (χ1n) is 13.2. The third-order valence-electron chi connectivity index (χ3n) is 6.07. The van der Waals surface area contributed by atoms with Crippen LogP contribution < -0.4 is 25.4 Å². The number of amides is 2. The lowest BCUT2D eigenvalue weighted by Gasteiger charge is -2.15. The van der Waals surface area contributed by atoms with Crippen LogP contribution in [-0.4, -0.2) is 36.6 Å². The zero-order chi connectivity index (χ0) is 28.3. The molecular formula is C32H34N4O4. The fourth-order valence-corrected chi connectivity index (χ4v) is 4.07. The molecule has 4 aromatic rings. The van der Waals surface area contributed by atoms with Crippen LogP contribution in [0.4, 0.5) is 11.4 Å². The molecule has 0 unspecified atom stereocenters. The number of carbonyl (C=O) groups excluding carboxylic acids is 2. The van der Waals surface area contributed by atoms with E-state index in [0.717, 1.165) is 30.0 Å². The first-order valence-corrected chi connectivity index (χ1v) is 13.2. The van der Waals surface area contributed by atoms with Gasteiger partial charge in [-0.1, -0.05) is 30.3 Å². The standard InChI is InChI=1S/C32H34N4O4/c1-22(2)40-30-19-23(12-15-29(30)39-3)16-18-34-20-24-10-13-26(14-11-24)35-32(38)27-8-4-5-9-28(27)36-31(37)25-7-6-17-33-21-25/h4-15,17,19,21-22,34H,16,18,20H2,1-3H3,(H,35,38)(H,36,37). The van der Waals surface area contributed by atoms with Crippen LogP contribution >= 0.6 is 0 Å². The molecule has 3 N–H and O–H groups in total. The Bertz CT molecular complexity index is 1420. The molecule has 206 valence electrons. The van der Waals surface area contributed by atoms with Crippen molar-refractivity contribution in [2.45, 2.75) is 32.9 Å². The van der Waals surface area contributed by atoms with Gasteiger partial charge in [-0.25, -0.2) is 0 Å². The topological polar surface area (TPSA) is 102 Å². The van der Waals surface area contributed by atoms with Crippen molar-refractivity contribution in [3.05, 3.63) is 114 Å². The van der Waals surface area contributed by atoms with Crippen LogP contribution in [-0.2, 0) is 13.0 Å². The van der Waals surface area contributed by atoms with Crippen LogP contribution in [0.1, 0.15) is 45.7 Å². The van der Waals surface area contributed by atoms with Crippen molar-refractivity contribution >= 4 is 23.2 Å². The Morgan fingerprint density at radius 2 is 1.62 bits per heavy atom. The number of aromatic nitrogens is 1. The summed E-state index contributed by atoms with van der Waals surface area (Å²) in [5.41, 5.74) is 4.13.